The lowest BCUT2D eigenvalue weighted by atomic mass is 9.85. The Morgan fingerprint density at radius 1 is 0.786 bits per heavy atom. The quantitative estimate of drug-likeness (QED) is 0.459. The van der Waals surface area contributed by atoms with E-state index < -0.39 is 0 Å². The highest BCUT2D eigenvalue weighted by molar-refractivity contribution is 5.44. The van der Waals surface area contributed by atoms with Crippen molar-refractivity contribution in [3.8, 4) is 0 Å². The molecule has 2 aromatic rings. The molecule has 1 nitrogen and oxygen atoms in total. The van der Waals surface area contributed by atoms with Crippen LogP contribution < -0.4 is 0 Å². The van der Waals surface area contributed by atoms with Gasteiger partial charge < -0.3 is 4.90 Å². The average Bonchev–Trinajstić information content (AvgIpc) is 3.08. The molecule has 3 rings (SSSR count). The third-order valence-corrected chi connectivity index (χ3v) is 6.04. The fraction of sp³-hybridized carbons (Fsp3) is 0.407. The standard InChI is InChI=1S/C27H35N/c1-21(23-11-7-5-8-12-23)19-26-16-15-25(17-18-28(3)4)27(26)20-22(2)24-13-9-6-10-14-24/h5-15,21-22H,16-20H2,1-4H3. The summed E-state index contributed by atoms with van der Waals surface area (Å²) in [6, 6.07) is 22.0. The van der Waals surface area contributed by atoms with Gasteiger partial charge in [0.15, 0.2) is 0 Å². The number of hydrogen-bond acceptors (Lipinski definition) is 1. The van der Waals surface area contributed by atoms with Gasteiger partial charge in [-0.3, -0.25) is 0 Å². The highest BCUT2D eigenvalue weighted by Gasteiger charge is 2.22. The van der Waals surface area contributed by atoms with Crippen molar-refractivity contribution in [3.63, 3.8) is 0 Å². The first kappa shape index (κ1) is 20.6. The molecular weight excluding hydrogens is 338 g/mol. The van der Waals surface area contributed by atoms with Crippen molar-refractivity contribution in [2.24, 2.45) is 0 Å². The largest absolute Gasteiger partial charge is 0.309 e. The number of nitrogens with zero attached hydrogens (tertiary/aromatic N) is 1. The molecule has 0 N–H and O–H groups in total. The fourth-order valence-electron chi connectivity index (χ4n) is 4.27. The average molecular weight is 374 g/mol. The van der Waals surface area contributed by atoms with Crippen molar-refractivity contribution in [1.82, 2.24) is 4.90 Å². The predicted octanol–water partition coefficient (Wildman–Crippen LogP) is 6.95. The minimum atomic E-state index is 0.555. The van der Waals surface area contributed by atoms with Crippen LogP contribution in [-0.2, 0) is 0 Å². The summed E-state index contributed by atoms with van der Waals surface area (Å²) in [4.78, 5) is 2.30. The summed E-state index contributed by atoms with van der Waals surface area (Å²) >= 11 is 0. The van der Waals surface area contributed by atoms with Gasteiger partial charge in [0.1, 0.15) is 0 Å². The summed E-state index contributed by atoms with van der Waals surface area (Å²) in [6.07, 6.45) is 7.12. The monoisotopic (exact) mass is 373 g/mol. The Labute approximate surface area is 171 Å². The molecule has 0 radical (unpaired) electrons. The van der Waals surface area contributed by atoms with Gasteiger partial charge in [-0.1, -0.05) is 86.2 Å². The van der Waals surface area contributed by atoms with Crippen LogP contribution >= 0.6 is 0 Å². The van der Waals surface area contributed by atoms with Crippen molar-refractivity contribution in [1.29, 1.82) is 0 Å². The highest BCUT2D eigenvalue weighted by Crippen LogP contribution is 2.39. The Morgan fingerprint density at radius 3 is 1.86 bits per heavy atom. The first-order valence-electron chi connectivity index (χ1n) is 10.7. The van der Waals surface area contributed by atoms with Crippen molar-refractivity contribution >= 4 is 0 Å². The van der Waals surface area contributed by atoms with Gasteiger partial charge in [0.2, 0.25) is 0 Å². The molecule has 2 unspecified atom stereocenters. The lowest BCUT2D eigenvalue weighted by Gasteiger charge is -2.20. The van der Waals surface area contributed by atoms with E-state index in [1.54, 1.807) is 16.7 Å². The van der Waals surface area contributed by atoms with Gasteiger partial charge in [0, 0.05) is 6.54 Å². The van der Waals surface area contributed by atoms with Gasteiger partial charge in [-0.15, -0.1) is 0 Å². The Morgan fingerprint density at radius 2 is 1.32 bits per heavy atom. The molecule has 0 bridgehead atoms. The molecule has 0 aromatic heterocycles. The lowest BCUT2D eigenvalue weighted by Crippen LogP contribution is -2.14. The van der Waals surface area contributed by atoms with E-state index in [0.29, 0.717) is 11.8 Å². The maximum absolute atomic E-state index is 2.50. The normalized spacial score (nSPS) is 16.4. The summed E-state index contributed by atoms with van der Waals surface area (Å²) in [5.74, 6) is 1.12. The second-order valence-corrected chi connectivity index (χ2v) is 8.60. The topological polar surface area (TPSA) is 3.24 Å². The van der Waals surface area contributed by atoms with Gasteiger partial charge >= 0.3 is 0 Å². The smallest absolute Gasteiger partial charge is 0.00157 e. The zero-order valence-electron chi connectivity index (χ0n) is 18.0. The fourth-order valence-corrected chi connectivity index (χ4v) is 4.27. The molecule has 28 heavy (non-hydrogen) atoms. The van der Waals surface area contributed by atoms with Crippen LogP contribution in [0.25, 0.3) is 0 Å². The zero-order chi connectivity index (χ0) is 19.9. The molecule has 2 aromatic carbocycles. The van der Waals surface area contributed by atoms with Crippen LogP contribution in [0.3, 0.4) is 0 Å². The van der Waals surface area contributed by atoms with Gasteiger partial charge in [-0.25, -0.2) is 0 Å². The second kappa shape index (κ2) is 9.89. The molecule has 0 spiro atoms. The number of rotatable bonds is 9. The maximum Gasteiger partial charge on any atom is 0.00157 e. The van der Waals surface area contributed by atoms with E-state index in [4.69, 9.17) is 0 Å². The molecule has 0 saturated carbocycles. The Kier molecular flexibility index (Phi) is 7.28. The Balaban J connectivity index is 1.79. The van der Waals surface area contributed by atoms with Crippen LogP contribution in [0.4, 0.5) is 0 Å². The molecule has 0 amide bonds. The second-order valence-electron chi connectivity index (χ2n) is 8.60. The van der Waals surface area contributed by atoms with Crippen LogP contribution in [0.2, 0.25) is 0 Å². The third kappa shape index (κ3) is 5.45. The first-order valence-corrected chi connectivity index (χ1v) is 10.7. The molecule has 0 heterocycles. The van der Waals surface area contributed by atoms with Crippen molar-refractivity contribution in [2.75, 3.05) is 20.6 Å². The minimum Gasteiger partial charge on any atom is -0.309 e. The molecule has 2 atom stereocenters. The molecule has 0 aliphatic heterocycles. The van der Waals surface area contributed by atoms with E-state index in [1.165, 1.54) is 17.5 Å². The highest BCUT2D eigenvalue weighted by atomic mass is 15.0. The van der Waals surface area contributed by atoms with Gasteiger partial charge in [-0.2, -0.15) is 0 Å². The van der Waals surface area contributed by atoms with E-state index in [0.717, 1.165) is 25.8 Å². The number of allylic oxidation sites excluding steroid dienone is 3. The summed E-state index contributed by atoms with van der Waals surface area (Å²) in [5.41, 5.74) is 7.79. The summed E-state index contributed by atoms with van der Waals surface area (Å²) in [6.45, 7) is 5.87. The third-order valence-electron chi connectivity index (χ3n) is 6.04. The van der Waals surface area contributed by atoms with E-state index in [1.807, 2.05) is 0 Å². The van der Waals surface area contributed by atoms with Crippen molar-refractivity contribution in [3.05, 3.63) is 94.6 Å². The van der Waals surface area contributed by atoms with Crippen LogP contribution in [0.5, 0.6) is 0 Å². The van der Waals surface area contributed by atoms with E-state index in [2.05, 4.69) is 99.6 Å². The zero-order valence-corrected chi connectivity index (χ0v) is 18.0. The van der Waals surface area contributed by atoms with Gasteiger partial charge in [-0.05, 0) is 73.9 Å². The molecular formula is C27H35N. The first-order chi connectivity index (χ1) is 13.5. The van der Waals surface area contributed by atoms with Crippen LogP contribution in [0.15, 0.2) is 83.5 Å². The lowest BCUT2D eigenvalue weighted by molar-refractivity contribution is 0.413. The van der Waals surface area contributed by atoms with Crippen LogP contribution in [0.1, 0.15) is 62.5 Å². The molecule has 0 saturated heterocycles. The number of benzene rings is 2. The molecule has 148 valence electrons. The SMILES string of the molecule is CC(CC1=C(CC(C)c2ccccc2)C(CCN(C)C)=CC1)c1ccccc1. The maximum atomic E-state index is 2.50. The summed E-state index contributed by atoms with van der Waals surface area (Å²) in [5, 5.41) is 0. The molecule has 1 aliphatic rings. The van der Waals surface area contributed by atoms with E-state index in [9.17, 15) is 0 Å². The van der Waals surface area contributed by atoms with E-state index in [-0.39, 0.29) is 0 Å². The Bertz CT molecular complexity index is 799. The molecule has 1 heteroatoms. The van der Waals surface area contributed by atoms with Crippen molar-refractivity contribution in [2.45, 2.75) is 51.4 Å². The summed E-state index contributed by atoms with van der Waals surface area (Å²) < 4.78 is 0. The molecule has 0 fully saturated rings. The van der Waals surface area contributed by atoms with E-state index >= 15 is 0 Å². The predicted molar refractivity (Wildman–Crippen MR) is 122 cm³/mol. The van der Waals surface area contributed by atoms with Gasteiger partial charge in [0.05, 0.1) is 0 Å². The van der Waals surface area contributed by atoms with Crippen LogP contribution in [-0.4, -0.2) is 25.5 Å². The summed E-state index contributed by atoms with van der Waals surface area (Å²) in [7, 11) is 4.34. The van der Waals surface area contributed by atoms with Crippen molar-refractivity contribution < 1.29 is 0 Å². The molecule has 1 aliphatic carbocycles. The Hall–Kier alpha value is -2.12. The minimum absolute atomic E-state index is 0.555. The number of hydrogen-bond donors (Lipinski definition) is 0. The van der Waals surface area contributed by atoms with Gasteiger partial charge in [0.25, 0.3) is 0 Å². The van der Waals surface area contributed by atoms with Crippen LogP contribution in [0, 0.1) is 0 Å².